The molecule has 131 heavy (non-hydrogen) atoms. The summed E-state index contributed by atoms with van der Waals surface area (Å²) in [6.45, 7) is -13.8. The Morgan fingerprint density at radius 1 is 0.244 bits per heavy atom. The molecule has 0 aliphatic carbocycles. The van der Waals surface area contributed by atoms with Gasteiger partial charge in [-0.3, -0.25) is 76.5 Å². The summed E-state index contributed by atoms with van der Waals surface area (Å²) in [5.74, 6) is -5.75. The monoisotopic (exact) mass is 2390 g/mol. The summed E-state index contributed by atoms with van der Waals surface area (Å²) >= 11 is 0. The van der Waals surface area contributed by atoms with Gasteiger partial charge in [0.05, 0.1) is 26.4 Å². The summed E-state index contributed by atoms with van der Waals surface area (Å²) in [4.78, 5) is 27.5. The first-order chi connectivity index (χ1) is 50.8. The molecule has 18 atom stereocenters. The van der Waals surface area contributed by atoms with Crippen LogP contribution < -0.4 is 484 Å². The molecule has 2 amide bonds. The van der Waals surface area contributed by atoms with E-state index in [1.54, 1.807) is 0 Å². The summed E-state index contributed by atoms with van der Waals surface area (Å²) in [5, 5.41) is 2.32. The minimum atomic E-state index is -7.20. The SMILES string of the molecule is O=C(NCCCNC(=O)[C@H](OS(=O)(=O)[O-])[C@@H](OS(=O)(=O)[O-])[C@H](OS(=O)(=O)[O-])[C@@H](CO[C@H]1O[C@H](COS(=O)(=O)[O-])[C@H](OS(=O)(=O)[O-])[C@H](OS(=O)(=O)[O-])[C@H]1OS(=O)(=O)[O-])OS(=O)(=O)[O-])[C@H](OS(=O)(=O)[O-])[C@@H](OS(=O)(=O)[O-])[C@H](OS(=O)(=O)[O-])[C@H](CO[C@@H]1O[C@@H](COS(=O)(=O)[O-])[C@@H](OS(=O)(=O)[O-])[C@@H](OS(=O)(=O)[O-])[C@@H]1OS(=O)(=O)[O-])OS(=O)(=O)[O-].[Na+].[Na+].[Na+].[Na+].[Na+].[Na+].[Na+].[Na+].[Na+].[Na+].[Na+].[Na+].[Na+].[Na+].[Na+].[Na+]. The maximum atomic E-state index is 13.8. The fourth-order valence-electron chi connectivity index (χ4n) is 8.32. The number of nitrogens with one attached hydrogen (secondary N) is 2. The average Bonchev–Trinajstić information content (AvgIpc) is 0.772. The summed E-state index contributed by atoms with van der Waals surface area (Å²) in [5.41, 5.74) is 0. The van der Waals surface area contributed by atoms with Gasteiger partial charge >= 0.3 is 473 Å². The van der Waals surface area contributed by atoms with E-state index >= 15 is 0 Å². The number of rotatable bonds is 52. The number of amides is 2. The Labute approximate surface area is 1100 Å². The van der Waals surface area contributed by atoms with E-state index in [1.807, 2.05) is 0 Å². The predicted molar refractivity (Wildman–Crippen MR) is 295 cm³/mol. The fourth-order valence-corrected chi connectivity index (χ4v) is 15.7. The van der Waals surface area contributed by atoms with Gasteiger partial charge < -0.3 is 102 Å². The predicted octanol–water partition coefficient (Wildman–Crippen LogP) is -68.1. The molecule has 2 fully saturated rings. The normalized spacial score (nSPS) is 21.3. The van der Waals surface area contributed by atoms with E-state index in [0.29, 0.717) is 0 Å². The van der Waals surface area contributed by atoms with Gasteiger partial charge in [0.1, 0.15) is 73.2 Å². The van der Waals surface area contributed by atoms with Crippen LogP contribution in [0, 0.1) is 0 Å². The Bertz CT molecular complexity index is 5100. The molecule has 2 aliphatic heterocycles. The van der Waals surface area contributed by atoms with E-state index in [4.69, 9.17) is 9.47 Å². The molecule has 2 aliphatic rings. The van der Waals surface area contributed by atoms with Crippen LogP contribution in [0.25, 0.3) is 0 Å². The van der Waals surface area contributed by atoms with Crippen molar-refractivity contribution in [1.82, 2.24) is 10.6 Å². The van der Waals surface area contributed by atoms with Gasteiger partial charge in [-0.1, -0.05) is 0 Å². The van der Waals surface area contributed by atoms with Gasteiger partial charge in [0.15, 0.2) is 37.0 Å². The van der Waals surface area contributed by atoms with Crippen LogP contribution in [0.5, 0.6) is 0 Å². The van der Waals surface area contributed by atoms with Crippen LogP contribution in [-0.4, -0.2) is 369 Å². The smallest absolute Gasteiger partial charge is 0.726 e. The van der Waals surface area contributed by atoms with E-state index in [2.05, 4.69) is 76.4 Å². The van der Waals surface area contributed by atoms with E-state index in [1.165, 1.54) is 0 Å². The molecule has 2 heterocycles. The third-order valence-electron chi connectivity index (χ3n) is 11.4. The van der Waals surface area contributed by atoms with Gasteiger partial charge in [0, 0.05) is 13.1 Å². The van der Waals surface area contributed by atoms with Crippen LogP contribution >= 0.6 is 0 Å². The zero-order valence-corrected chi connectivity index (χ0v) is 114. The van der Waals surface area contributed by atoms with Gasteiger partial charge in [-0.05, 0) is 6.42 Å². The first kappa shape index (κ1) is 177. The molecule has 0 spiro atoms. The molecule has 0 aromatic carbocycles. The Morgan fingerprint density at radius 3 is 0.626 bits per heavy atom. The second-order valence-corrected chi connectivity index (χ2v) is 35.9. The third kappa shape index (κ3) is 82.8. The van der Waals surface area contributed by atoms with Crippen LogP contribution in [-0.2, 0) is 262 Å². The molecule has 72 nitrogen and oxygen atoms in total. The fraction of sp³-hybridized carbons (Fsp3) is 0.926. The Hall–Kier alpha value is 12.7. The zero-order chi connectivity index (χ0) is 90.1. The molecular formula is C27H34N2Na16O70S16. The second kappa shape index (κ2) is 73.3. The zero-order valence-electron chi connectivity index (χ0n) is 68.5. The van der Waals surface area contributed by atoms with Crippen LogP contribution in [0.2, 0.25) is 0 Å². The minimum Gasteiger partial charge on any atom is -0.726 e. The number of hydrogen-bond acceptors (Lipinski definition) is 70. The molecule has 0 aromatic rings. The molecule has 2 saturated heterocycles. The van der Waals surface area contributed by atoms with Gasteiger partial charge in [-0.15, -0.1) is 0 Å². The van der Waals surface area contributed by atoms with Crippen molar-refractivity contribution in [2.45, 2.75) is 117 Å². The Kier molecular flexibility index (Phi) is 98.9. The second-order valence-electron chi connectivity index (χ2n) is 19.7. The van der Waals surface area contributed by atoms with Crippen molar-refractivity contribution >= 4 is 178 Å². The van der Waals surface area contributed by atoms with Crippen molar-refractivity contribution in [2.75, 3.05) is 39.5 Å². The molecule has 2 N–H and O–H groups in total. The van der Waals surface area contributed by atoms with Gasteiger partial charge in [0.2, 0.25) is 166 Å². The number of hydrogen-bond donors (Lipinski definition) is 2. The number of carbonyl (C=O) groups excluding carboxylic acids is 2. The summed E-state index contributed by atoms with van der Waals surface area (Å²) in [6.07, 6.45) is -73.2. The molecule has 0 unspecified atom stereocenters. The van der Waals surface area contributed by atoms with Crippen molar-refractivity contribution in [3.63, 3.8) is 0 Å². The number of ether oxygens (including phenoxy) is 4. The molecular weight excluding hydrogens is 2350 g/mol. The quantitative estimate of drug-likeness (QED) is 0.0247. The van der Waals surface area contributed by atoms with Crippen molar-refractivity contribution in [1.29, 1.82) is 0 Å². The summed E-state index contributed by atoms with van der Waals surface area (Å²) in [6, 6.07) is 0. The van der Waals surface area contributed by atoms with Crippen LogP contribution in [0.15, 0.2) is 0 Å². The van der Waals surface area contributed by atoms with Crippen LogP contribution in [0.4, 0.5) is 0 Å². The molecule has 104 heteroatoms. The molecule has 0 radical (unpaired) electrons. The van der Waals surface area contributed by atoms with Gasteiger partial charge in [-0.25, -0.2) is 135 Å². The van der Waals surface area contributed by atoms with Crippen molar-refractivity contribution < 1.29 is 776 Å². The van der Waals surface area contributed by atoms with Crippen molar-refractivity contribution in [3.05, 3.63) is 0 Å². The minimum absolute atomic E-state index is 0. The molecule has 0 aromatic heterocycles. The van der Waals surface area contributed by atoms with E-state index in [9.17, 15) is 217 Å². The van der Waals surface area contributed by atoms with Crippen LogP contribution in [0.3, 0.4) is 0 Å². The number of carbonyl (C=O) groups is 2. The molecule has 2 rings (SSSR count). The van der Waals surface area contributed by atoms with E-state index in [0.717, 1.165) is 10.6 Å². The maximum Gasteiger partial charge on any atom is 1.00 e. The molecule has 0 saturated carbocycles. The Balaban J connectivity index is -0.000000647. The average molecular weight is 2390 g/mol. The van der Waals surface area contributed by atoms with Gasteiger partial charge in [-0.2, -0.15) is 0 Å². The topological polar surface area (TPSA) is 1160 Å². The summed E-state index contributed by atoms with van der Waals surface area (Å²) in [7, 11) is -110. The van der Waals surface area contributed by atoms with Crippen molar-refractivity contribution in [3.8, 4) is 0 Å². The largest absolute Gasteiger partial charge is 1.00 e. The maximum absolute atomic E-state index is 13.8. The van der Waals surface area contributed by atoms with E-state index < -0.39 is 334 Å². The first-order valence-corrected chi connectivity index (χ1v) is 47.4. The Morgan fingerprint density at radius 2 is 0.435 bits per heavy atom. The molecule has 684 valence electrons. The van der Waals surface area contributed by atoms with Crippen LogP contribution in [0.1, 0.15) is 6.42 Å². The van der Waals surface area contributed by atoms with E-state index in [-0.39, 0.29) is 473 Å². The first-order valence-electron chi connectivity index (χ1n) is 26.0. The van der Waals surface area contributed by atoms with Gasteiger partial charge in [0.25, 0.3) is 11.8 Å². The third-order valence-corrected chi connectivity index (χ3v) is 18.7. The molecule has 0 bridgehead atoms. The van der Waals surface area contributed by atoms with Crippen molar-refractivity contribution in [2.24, 2.45) is 0 Å². The standard InChI is InChI=1S/C27H50N2O70S16.16Na/c30-24(20(96-112(68,69)70)16(92-108(56,57)58)14(90-106(50,51)52)10(86-102(38,39)40)4-80-26-22(98-114(74,75)76)18(94-110(62,63)64)12(88-104(44,45)46)8(84-26)6-82-100(32,33)34)28-2-1-3-29-25(31)21(97-113(71,72)73)17(93-109(59,60)61)15(91-107(53,54)55)11(87-103(41,42)43)5-81-27-23(99-115(77,78)79)19(95-111(65,66)67)13(89-105(47,48)49)9(85-27)7-83-101(35,36)37;;;;;;;;;;;;;;;;/h8-23,26-27H,1-7H2,(H,28,30)(H,29,31)(H,32,33,34)(H,35,36,37)(H,38,39,40)(H,41,42,43)(H,44,45,46)(H,47,48,49)(H,50,51,52)(H,53,54,55)(H,56,57,58)(H,59,60,61)(H,62,63,64)(H,65,66,67)(H,68,69,70)(H,71,72,73)(H,74,75,76)(H,77,78,79);;;;;;;;;;;;;;;;/q;16*+1/p-16/t8-,9+,10-,11+,12+,13-,14-,15-,16+,17+,18+,19-,20-,21-,22-,23+,26+,27-;;;;;;;;;;;;;;;;/m1................/s1. The summed E-state index contributed by atoms with van der Waals surface area (Å²) < 4.78 is 650.